The van der Waals surface area contributed by atoms with Crippen LogP contribution < -0.4 is 10.1 Å². The summed E-state index contributed by atoms with van der Waals surface area (Å²) in [6.45, 7) is 0.720. The largest absolute Gasteiger partial charge is 0.497 e. The van der Waals surface area contributed by atoms with Crippen LogP contribution in [0, 0.1) is 0 Å². The third-order valence-corrected chi connectivity index (χ3v) is 4.56. The summed E-state index contributed by atoms with van der Waals surface area (Å²) >= 11 is 0. The molecule has 0 aliphatic carbocycles. The zero-order valence-electron chi connectivity index (χ0n) is 16.0. The molecule has 0 aliphatic rings. The summed E-state index contributed by atoms with van der Waals surface area (Å²) in [6.07, 6.45) is 5.70. The fourth-order valence-corrected chi connectivity index (χ4v) is 3.04. The summed E-state index contributed by atoms with van der Waals surface area (Å²) in [5.41, 5.74) is 2.84. The molecular weight excluding hydrogens is 366 g/mol. The first-order valence-corrected chi connectivity index (χ1v) is 9.30. The Kier molecular flexibility index (Phi) is 5.70. The molecule has 2 aromatic heterocycles. The van der Waals surface area contributed by atoms with Crippen molar-refractivity contribution in [3.63, 3.8) is 0 Å². The molecule has 8 nitrogen and oxygen atoms in total. The number of aromatic nitrogens is 6. The Morgan fingerprint density at radius 3 is 2.62 bits per heavy atom. The van der Waals surface area contributed by atoms with Crippen molar-refractivity contribution in [2.75, 3.05) is 12.4 Å². The van der Waals surface area contributed by atoms with E-state index in [1.54, 1.807) is 19.6 Å². The lowest BCUT2D eigenvalue weighted by Gasteiger charge is -2.19. The molecule has 0 bridgehead atoms. The van der Waals surface area contributed by atoms with E-state index in [1.807, 2.05) is 47.1 Å². The van der Waals surface area contributed by atoms with Gasteiger partial charge in [0, 0.05) is 12.1 Å². The number of methoxy groups -OCH3 is 1. The van der Waals surface area contributed by atoms with Crippen molar-refractivity contribution < 1.29 is 4.74 Å². The van der Waals surface area contributed by atoms with Gasteiger partial charge < -0.3 is 10.1 Å². The standard InChI is InChI=1S/C21H21N7O/c1-29-18-9-7-17(8-10-18)20-13-23-27-21(26-20)25-19(16-5-3-2-4-6-16)11-12-28-15-22-14-24-28/h2-10,13-15,19H,11-12H2,1H3,(H,25,26,27)/t19-/m1/s1. The van der Waals surface area contributed by atoms with Gasteiger partial charge in [0.25, 0.3) is 0 Å². The summed E-state index contributed by atoms with van der Waals surface area (Å²) < 4.78 is 7.03. The summed E-state index contributed by atoms with van der Waals surface area (Å²) in [6, 6.07) is 17.9. The molecule has 29 heavy (non-hydrogen) atoms. The highest BCUT2D eigenvalue weighted by molar-refractivity contribution is 5.60. The van der Waals surface area contributed by atoms with E-state index >= 15 is 0 Å². The Morgan fingerprint density at radius 1 is 1.07 bits per heavy atom. The monoisotopic (exact) mass is 387 g/mol. The molecule has 0 amide bonds. The van der Waals surface area contributed by atoms with E-state index < -0.39 is 0 Å². The minimum atomic E-state index is 0.00770. The summed E-state index contributed by atoms with van der Waals surface area (Å²) in [4.78, 5) is 8.65. The molecule has 1 N–H and O–H groups in total. The molecule has 0 aliphatic heterocycles. The number of hydrogen-bond acceptors (Lipinski definition) is 7. The van der Waals surface area contributed by atoms with Crippen LogP contribution in [0.15, 0.2) is 73.4 Å². The highest BCUT2D eigenvalue weighted by Crippen LogP contribution is 2.24. The Labute approximate surface area is 168 Å². The third kappa shape index (κ3) is 4.73. The molecule has 0 saturated heterocycles. The Hall–Kier alpha value is -3.81. The zero-order valence-corrected chi connectivity index (χ0v) is 16.0. The van der Waals surface area contributed by atoms with Crippen LogP contribution in [-0.2, 0) is 6.54 Å². The quantitative estimate of drug-likeness (QED) is 0.495. The van der Waals surface area contributed by atoms with E-state index in [0.29, 0.717) is 5.95 Å². The topological polar surface area (TPSA) is 90.6 Å². The first-order chi connectivity index (χ1) is 14.3. The van der Waals surface area contributed by atoms with E-state index in [2.05, 4.69) is 42.7 Å². The molecule has 8 heteroatoms. The Balaban J connectivity index is 1.54. The molecule has 1 atom stereocenters. The predicted octanol–water partition coefficient (Wildman–Crippen LogP) is 3.38. The van der Waals surface area contributed by atoms with Gasteiger partial charge in [-0.15, -0.1) is 5.10 Å². The number of rotatable bonds is 8. The van der Waals surface area contributed by atoms with E-state index in [4.69, 9.17) is 4.74 Å². The molecule has 0 unspecified atom stereocenters. The molecule has 0 spiro atoms. The Morgan fingerprint density at radius 2 is 1.90 bits per heavy atom. The fourth-order valence-electron chi connectivity index (χ4n) is 3.04. The average molecular weight is 387 g/mol. The van der Waals surface area contributed by atoms with Gasteiger partial charge in [-0.25, -0.2) is 9.97 Å². The molecule has 0 fully saturated rings. The van der Waals surface area contributed by atoms with E-state index in [-0.39, 0.29) is 6.04 Å². The molecule has 4 aromatic rings. The van der Waals surface area contributed by atoms with Gasteiger partial charge in [0.1, 0.15) is 18.4 Å². The fraction of sp³-hybridized carbons (Fsp3) is 0.190. The van der Waals surface area contributed by atoms with Gasteiger partial charge in [-0.3, -0.25) is 4.68 Å². The molecule has 0 radical (unpaired) electrons. The van der Waals surface area contributed by atoms with Crippen LogP contribution in [0.25, 0.3) is 11.3 Å². The van der Waals surface area contributed by atoms with Gasteiger partial charge >= 0.3 is 0 Å². The SMILES string of the molecule is COc1ccc(-c2cnnc(N[C@H](CCn3cncn3)c3ccccc3)n2)cc1. The number of aryl methyl sites for hydroxylation is 1. The first-order valence-electron chi connectivity index (χ1n) is 9.30. The number of nitrogens with zero attached hydrogens (tertiary/aromatic N) is 6. The van der Waals surface area contributed by atoms with Gasteiger partial charge in [-0.2, -0.15) is 10.2 Å². The second kappa shape index (κ2) is 8.92. The van der Waals surface area contributed by atoms with Crippen LogP contribution in [0.4, 0.5) is 5.95 Å². The molecule has 146 valence electrons. The predicted molar refractivity (Wildman–Crippen MR) is 109 cm³/mol. The maximum absolute atomic E-state index is 5.22. The second-order valence-electron chi connectivity index (χ2n) is 6.45. The van der Waals surface area contributed by atoms with Crippen LogP contribution in [0.1, 0.15) is 18.0 Å². The van der Waals surface area contributed by atoms with E-state index in [1.165, 1.54) is 6.33 Å². The van der Waals surface area contributed by atoms with E-state index in [0.717, 1.165) is 35.5 Å². The van der Waals surface area contributed by atoms with Gasteiger partial charge in [0.2, 0.25) is 5.95 Å². The van der Waals surface area contributed by atoms with Crippen LogP contribution in [0.2, 0.25) is 0 Å². The van der Waals surface area contributed by atoms with Crippen LogP contribution >= 0.6 is 0 Å². The lowest BCUT2D eigenvalue weighted by molar-refractivity contribution is 0.415. The maximum atomic E-state index is 5.22. The molecule has 2 heterocycles. The maximum Gasteiger partial charge on any atom is 0.243 e. The van der Waals surface area contributed by atoms with Crippen molar-refractivity contribution in [3.05, 3.63) is 79.0 Å². The number of benzene rings is 2. The van der Waals surface area contributed by atoms with Gasteiger partial charge in [-0.05, 0) is 36.2 Å². The van der Waals surface area contributed by atoms with Gasteiger partial charge in [0.15, 0.2) is 0 Å². The highest BCUT2D eigenvalue weighted by atomic mass is 16.5. The van der Waals surface area contributed by atoms with Crippen molar-refractivity contribution in [1.82, 2.24) is 29.9 Å². The lowest BCUT2D eigenvalue weighted by atomic mass is 10.0. The number of hydrogen-bond donors (Lipinski definition) is 1. The minimum Gasteiger partial charge on any atom is -0.497 e. The molecule has 2 aromatic carbocycles. The number of ether oxygens (including phenoxy) is 1. The van der Waals surface area contributed by atoms with Crippen molar-refractivity contribution in [2.45, 2.75) is 19.0 Å². The smallest absolute Gasteiger partial charge is 0.243 e. The molecule has 0 saturated carbocycles. The molecular formula is C21H21N7O. The molecule has 4 rings (SSSR count). The number of nitrogens with one attached hydrogen (secondary N) is 1. The van der Waals surface area contributed by atoms with Gasteiger partial charge in [-0.1, -0.05) is 30.3 Å². The van der Waals surface area contributed by atoms with Gasteiger partial charge in [0.05, 0.1) is 25.0 Å². The van der Waals surface area contributed by atoms with E-state index in [9.17, 15) is 0 Å². The van der Waals surface area contributed by atoms with Crippen molar-refractivity contribution in [3.8, 4) is 17.0 Å². The normalized spacial score (nSPS) is 11.8. The van der Waals surface area contributed by atoms with Crippen LogP contribution in [-0.4, -0.2) is 37.1 Å². The summed E-state index contributed by atoms with van der Waals surface area (Å²) in [5, 5.41) is 15.9. The Bertz CT molecular complexity index is 1020. The summed E-state index contributed by atoms with van der Waals surface area (Å²) in [5.74, 6) is 1.28. The third-order valence-electron chi connectivity index (χ3n) is 4.56. The van der Waals surface area contributed by atoms with Crippen molar-refractivity contribution in [1.29, 1.82) is 0 Å². The first kappa shape index (κ1) is 18.5. The van der Waals surface area contributed by atoms with Crippen molar-refractivity contribution >= 4 is 5.95 Å². The lowest BCUT2D eigenvalue weighted by Crippen LogP contribution is -2.16. The second-order valence-corrected chi connectivity index (χ2v) is 6.45. The van der Waals surface area contributed by atoms with Crippen LogP contribution in [0.5, 0.6) is 5.75 Å². The summed E-state index contributed by atoms with van der Waals surface area (Å²) in [7, 11) is 1.65. The van der Waals surface area contributed by atoms with Crippen LogP contribution in [0.3, 0.4) is 0 Å². The zero-order chi connectivity index (χ0) is 19.9. The average Bonchev–Trinajstić information content (AvgIpc) is 3.31. The minimum absolute atomic E-state index is 0.00770. The number of anilines is 1. The highest BCUT2D eigenvalue weighted by Gasteiger charge is 2.14. The van der Waals surface area contributed by atoms with Crippen molar-refractivity contribution in [2.24, 2.45) is 0 Å².